The zero-order valence-corrected chi connectivity index (χ0v) is 12.4. The first-order valence-corrected chi connectivity index (χ1v) is 7.47. The number of pyridine rings is 1. The molecule has 0 fully saturated rings. The molecule has 3 heteroatoms. The lowest BCUT2D eigenvalue weighted by atomic mass is 10.1. The van der Waals surface area contributed by atoms with Gasteiger partial charge in [-0.05, 0) is 12.1 Å². The van der Waals surface area contributed by atoms with Gasteiger partial charge >= 0.3 is 0 Å². The van der Waals surface area contributed by atoms with Gasteiger partial charge in [0.05, 0.1) is 5.52 Å². The van der Waals surface area contributed by atoms with Crippen molar-refractivity contribution in [3.8, 4) is 11.4 Å². The van der Waals surface area contributed by atoms with E-state index < -0.39 is 0 Å². The summed E-state index contributed by atoms with van der Waals surface area (Å²) in [6, 6.07) is 25.0. The van der Waals surface area contributed by atoms with Crippen molar-refractivity contribution in [3.63, 3.8) is 0 Å². The first-order chi connectivity index (χ1) is 11.3. The Morgan fingerprint density at radius 3 is 2.17 bits per heavy atom. The predicted molar refractivity (Wildman–Crippen MR) is 90.5 cm³/mol. The van der Waals surface area contributed by atoms with Crippen molar-refractivity contribution in [2.75, 3.05) is 0 Å². The second-order valence-corrected chi connectivity index (χ2v) is 5.30. The molecule has 23 heavy (non-hydrogen) atoms. The molecule has 3 nitrogen and oxygen atoms in total. The van der Waals surface area contributed by atoms with Crippen molar-refractivity contribution < 1.29 is 4.79 Å². The smallest absolute Gasteiger partial charge is 0.213 e. The summed E-state index contributed by atoms with van der Waals surface area (Å²) in [6.45, 7) is 0. The molecular formula is C20H14N2O. The first-order valence-electron chi connectivity index (χ1n) is 7.47. The molecule has 0 unspecified atom stereocenters. The van der Waals surface area contributed by atoms with Crippen LogP contribution in [0, 0.1) is 0 Å². The van der Waals surface area contributed by atoms with Gasteiger partial charge in [0.25, 0.3) is 0 Å². The fourth-order valence-corrected chi connectivity index (χ4v) is 2.72. The van der Waals surface area contributed by atoms with Crippen LogP contribution in [0.3, 0.4) is 0 Å². The largest absolute Gasteiger partial charge is 0.299 e. The molecule has 0 bridgehead atoms. The molecule has 110 valence electrons. The molecule has 2 aromatic carbocycles. The number of carbonyl (C=O) groups is 1. The van der Waals surface area contributed by atoms with E-state index in [1.54, 1.807) is 0 Å². The lowest BCUT2D eigenvalue weighted by Crippen LogP contribution is -2.02. The SMILES string of the molecule is O=C(c1ccccc1)c1nc(-c2ccccc2)n2ccccc12. The topological polar surface area (TPSA) is 34.4 Å². The van der Waals surface area contributed by atoms with Crippen molar-refractivity contribution in [2.24, 2.45) is 0 Å². The number of aromatic nitrogens is 2. The van der Waals surface area contributed by atoms with Gasteiger partial charge in [-0.2, -0.15) is 0 Å². The zero-order valence-electron chi connectivity index (χ0n) is 12.4. The maximum atomic E-state index is 12.8. The molecule has 2 aromatic heterocycles. The van der Waals surface area contributed by atoms with Crippen LogP contribution in [0.2, 0.25) is 0 Å². The van der Waals surface area contributed by atoms with E-state index in [0.29, 0.717) is 11.3 Å². The Kier molecular flexibility index (Phi) is 3.24. The van der Waals surface area contributed by atoms with Crippen molar-refractivity contribution >= 4 is 11.3 Å². The van der Waals surface area contributed by atoms with E-state index in [1.807, 2.05) is 89.5 Å². The molecule has 4 aromatic rings. The van der Waals surface area contributed by atoms with Crippen LogP contribution in [0.1, 0.15) is 16.1 Å². The van der Waals surface area contributed by atoms with Crippen molar-refractivity contribution in [2.45, 2.75) is 0 Å². The van der Waals surface area contributed by atoms with Gasteiger partial charge in [0.2, 0.25) is 5.78 Å². The minimum atomic E-state index is -0.0588. The highest BCUT2D eigenvalue weighted by atomic mass is 16.1. The minimum absolute atomic E-state index is 0.0588. The van der Waals surface area contributed by atoms with Crippen molar-refractivity contribution in [1.82, 2.24) is 9.38 Å². The highest BCUT2D eigenvalue weighted by Crippen LogP contribution is 2.24. The standard InChI is InChI=1S/C20H14N2O/c23-19(15-9-3-1-4-10-15)18-17-13-7-8-14-22(17)20(21-18)16-11-5-2-6-12-16/h1-14H. The predicted octanol–water partition coefficient (Wildman–Crippen LogP) is 4.23. The fraction of sp³-hybridized carbons (Fsp3) is 0. The molecule has 0 amide bonds. The highest BCUT2D eigenvalue weighted by molar-refractivity contribution is 6.12. The van der Waals surface area contributed by atoms with Crippen LogP contribution in [0.15, 0.2) is 85.1 Å². The lowest BCUT2D eigenvalue weighted by Gasteiger charge is -2.00. The summed E-state index contributed by atoms with van der Waals surface area (Å²) >= 11 is 0. The number of carbonyl (C=O) groups excluding carboxylic acids is 1. The van der Waals surface area contributed by atoms with Gasteiger partial charge in [-0.25, -0.2) is 4.98 Å². The van der Waals surface area contributed by atoms with Gasteiger partial charge < -0.3 is 0 Å². The lowest BCUT2D eigenvalue weighted by molar-refractivity contribution is 0.103. The molecule has 0 atom stereocenters. The van der Waals surface area contributed by atoms with Crippen LogP contribution < -0.4 is 0 Å². The van der Waals surface area contributed by atoms with Crippen LogP contribution in [-0.4, -0.2) is 15.2 Å². The van der Waals surface area contributed by atoms with E-state index in [1.165, 1.54) is 0 Å². The molecule has 2 heterocycles. The average molecular weight is 298 g/mol. The monoisotopic (exact) mass is 298 g/mol. The third kappa shape index (κ3) is 2.32. The molecular weight excluding hydrogens is 284 g/mol. The number of hydrogen-bond acceptors (Lipinski definition) is 2. The second kappa shape index (κ2) is 5.54. The number of ketones is 1. The third-order valence-corrected chi connectivity index (χ3v) is 3.83. The third-order valence-electron chi connectivity index (χ3n) is 3.83. The van der Waals surface area contributed by atoms with Gasteiger partial charge in [0, 0.05) is 17.3 Å². The molecule has 0 aliphatic rings. The van der Waals surface area contributed by atoms with Crippen LogP contribution in [-0.2, 0) is 0 Å². The summed E-state index contributed by atoms with van der Waals surface area (Å²) in [4.78, 5) is 17.5. The summed E-state index contributed by atoms with van der Waals surface area (Å²) < 4.78 is 1.96. The summed E-state index contributed by atoms with van der Waals surface area (Å²) in [5.41, 5.74) is 2.94. The number of hydrogen-bond donors (Lipinski definition) is 0. The van der Waals surface area contributed by atoms with E-state index in [0.717, 1.165) is 16.9 Å². The number of nitrogens with zero attached hydrogens (tertiary/aromatic N) is 2. The molecule has 0 saturated carbocycles. The Hall–Kier alpha value is -3.20. The molecule has 0 N–H and O–H groups in total. The van der Waals surface area contributed by atoms with Gasteiger partial charge in [-0.15, -0.1) is 0 Å². The average Bonchev–Trinajstić information content (AvgIpc) is 3.02. The number of fused-ring (bicyclic) bond motifs is 1. The van der Waals surface area contributed by atoms with Crippen LogP contribution >= 0.6 is 0 Å². The number of benzene rings is 2. The van der Waals surface area contributed by atoms with Crippen LogP contribution in [0.25, 0.3) is 16.9 Å². The van der Waals surface area contributed by atoms with Crippen LogP contribution in [0.5, 0.6) is 0 Å². The summed E-state index contributed by atoms with van der Waals surface area (Å²) in [6.07, 6.45) is 1.94. The van der Waals surface area contributed by atoms with Crippen molar-refractivity contribution in [1.29, 1.82) is 0 Å². The Morgan fingerprint density at radius 1 is 0.783 bits per heavy atom. The normalized spacial score (nSPS) is 10.8. The van der Waals surface area contributed by atoms with Gasteiger partial charge in [0.1, 0.15) is 11.5 Å². The Balaban J connectivity index is 1.94. The van der Waals surface area contributed by atoms with E-state index in [4.69, 9.17) is 0 Å². The van der Waals surface area contributed by atoms with E-state index in [9.17, 15) is 4.79 Å². The van der Waals surface area contributed by atoms with E-state index in [2.05, 4.69) is 4.98 Å². The van der Waals surface area contributed by atoms with E-state index >= 15 is 0 Å². The van der Waals surface area contributed by atoms with E-state index in [-0.39, 0.29) is 5.78 Å². The maximum Gasteiger partial charge on any atom is 0.213 e. The molecule has 0 saturated heterocycles. The summed E-state index contributed by atoms with van der Waals surface area (Å²) in [7, 11) is 0. The quantitative estimate of drug-likeness (QED) is 0.530. The summed E-state index contributed by atoms with van der Waals surface area (Å²) in [5, 5.41) is 0. The second-order valence-electron chi connectivity index (χ2n) is 5.30. The van der Waals surface area contributed by atoms with Gasteiger partial charge in [-0.3, -0.25) is 9.20 Å². The maximum absolute atomic E-state index is 12.8. The number of rotatable bonds is 3. The fourth-order valence-electron chi connectivity index (χ4n) is 2.72. The van der Waals surface area contributed by atoms with Crippen LogP contribution in [0.4, 0.5) is 0 Å². The molecule has 4 rings (SSSR count). The summed E-state index contributed by atoms with van der Waals surface area (Å²) in [5.74, 6) is 0.719. The molecule has 0 aliphatic heterocycles. The molecule has 0 aliphatic carbocycles. The minimum Gasteiger partial charge on any atom is -0.299 e. The first kappa shape index (κ1) is 13.5. The molecule has 0 radical (unpaired) electrons. The Labute approximate surface area is 133 Å². The molecule has 0 spiro atoms. The Morgan fingerprint density at radius 2 is 1.43 bits per heavy atom. The van der Waals surface area contributed by atoms with Gasteiger partial charge in [-0.1, -0.05) is 66.7 Å². The number of imidazole rings is 1. The zero-order chi connectivity index (χ0) is 15.6. The highest BCUT2D eigenvalue weighted by Gasteiger charge is 2.19. The van der Waals surface area contributed by atoms with Crippen molar-refractivity contribution in [3.05, 3.63) is 96.3 Å². The Bertz CT molecular complexity index is 972. The van der Waals surface area contributed by atoms with Gasteiger partial charge in [0.15, 0.2) is 0 Å².